The molecule has 2 aliphatic heterocycles. The maximum atomic E-state index is 9.52. The summed E-state index contributed by atoms with van der Waals surface area (Å²) >= 11 is 12.4. The fourth-order valence-electron chi connectivity index (χ4n) is 4.65. The van der Waals surface area contributed by atoms with Gasteiger partial charge in [0.1, 0.15) is 17.5 Å². The van der Waals surface area contributed by atoms with Crippen molar-refractivity contribution in [3.8, 4) is 6.07 Å². The van der Waals surface area contributed by atoms with Crippen LogP contribution in [0.25, 0.3) is 0 Å². The Bertz CT molecular complexity index is 989. The lowest BCUT2D eigenvalue weighted by atomic mass is 9.81. The van der Waals surface area contributed by atoms with Crippen LogP contribution in [0.1, 0.15) is 36.9 Å². The third-order valence-electron chi connectivity index (χ3n) is 6.50. The predicted molar refractivity (Wildman–Crippen MR) is 127 cm³/mol. The molecule has 0 aliphatic carbocycles. The van der Waals surface area contributed by atoms with Gasteiger partial charge in [-0.05, 0) is 55.8 Å². The van der Waals surface area contributed by atoms with E-state index in [1.807, 2.05) is 13.0 Å². The topological polar surface area (TPSA) is 88.3 Å². The number of rotatable bonds is 7. The first-order chi connectivity index (χ1) is 15.5. The Kier molecular flexibility index (Phi) is 7.37. The molecule has 0 spiro atoms. The molecule has 170 valence electrons. The SMILES string of the molecule is CC(Nc1nc(N2CC([C@H]3CCCN(CCO)C3)C2)ncc1C#N)c1ccc(Cl)cc1Cl. The van der Waals surface area contributed by atoms with Crippen LogP contribution >= 0.6 is 23.2 Å². The highest BCUT2D eigenvalue weighted by atomic mass is 35.5. The summed E-state index contributed by atoms with van der Waals surface area (Å²) in [6.07, 6.45) is 4.01. The molecule has 0 amide bonds. The van der Waals surface area contributed by atoms with E-state index in [2.05, 4.69) is 31.2 Å². The molecule has 2 fully saturated rings. The second-order valence-electron chi connectivity index (χ2n) is 8.67. The Morgan fingerprint density at radius 1 is 1.28 bits per heavy atom. The summed E-state index contributed by atoms with van der Waals surface area (Å²) in [6, 6.07) is 7.40. The first kappa shape index (κ1) is 23.1. The largest absolute Gasteiger partial charge is 0.395 e. The van der Waals surface area contributed by atoms with Gasteiger partial charge in [0.05, 0.1) is 18.8 Å². The molecule has 7 nitrogen and oxygen atoms in total. The molecule has 3 heterocycles. The highest BCUT2D eigenvalue weighted by Crippen LogP contribution is 2.34. The minimum atomic E-state index is -0.154. The Morgan fingerprint density at radius 3 is 2.81 bits per heavy atom. The standard InChI is InChI=1S/C23H28Cl2N6O/c1-15(20-5-4-19(24)9-21(20)25)28-22-17(10-26)11-27-23(29-22)31-13-18(14-31)16-3-2-6-30(12-16)7-8-32/h4-5,9,11,15-16,18,32H,2-3,6-8,12-14H2,1H3,(H,27,28,29)/t15?,16-/m0/s1. The van der Waals surface area contributed by atoms with Gasteiger partial charge >= 0.3 is 0 Å². The second kappa shape index (κ2) is 10.2. The summed E-state index contributed by atoms with van der Waals surface area (Å²) < 4.78 is 0. The zero-order chi connectivity index (χ0) is 22.7. The van der Waals surface area contributed by atoms with Crippen molar-refractivity contribution in [3.05, 3.63) is 45.6 Å². The van der Waals surface area contributed by atoms with Crippen LogP contribution < -0.4 is 10.2 Å². The first-order valence-electron chi connectivity index (χ1n) is 11.0. The highest BCUT2D eigenvalue weighted by Gasteiger charge is 2.37. The number of halogens is 2. The normalized spacial score (nSPS) is 20.5. The summed E-state index contributed by atoms with van der Waals surface area (Å²) in [5, 5.41) is 23.2. The molecule has 2 saturated heterocycles. The van der Waals surface area contributed by atoms with Gasteiger partial charge in [0, 0.05) is 36.2 Å². The molecule has 4 rings (SSSR count). The van der Waals surface area contributed by atoms with Crippen molar-refractivity contribution in [2.24, 2.45) is 11.8 Å². The van der Waals surface area contributed by atoms with Crippen molar-refractivity contribution in [1.29, 1.82) is 5.26 Å². The van der Waals surface area contributed by atoms with Crippen molar-refractivity contribution >= 4 is 35.0 Å². The molecule has 0 bridgehead atoms. The molecule has 2 N–H and O–H groups in total. The smallest absolute Gasteiger partial charge is 0.227 e. The molecule has 2 aromatic rings. The second-order valence-corrected chi connectivity index (χ2v) is 9.51. The molecular weight excluding hydrogens is 447 g/mol. The number of nitrogens with one attached hydrogen (secondary N) is 1. The van der Waals surface area contributed by atoms with Crippen LogP contribution in [-0.2, 0) is 0 Å². The summed E-state index contributed by atoms with van der Waals surface area (Å²) in [5.41, 5.74) is 1.28. The number of anilines is 2. The Hall–Kier alpha value is -2.11. The van der Waals surface area contributed by atoms with Gasteiger partial charge in [-0.1, -0.05) is 29.3 Å². The highest BCUT2D eigenvalue weighted by molar-refractivity contribution is 6.35. The Labute approximate surface area is 199 Å². The van der Waals surface area contributed by atoms with Gasteiger partial charge in [0.25, 0.3) is 0 Å². The van der Waals surface area contributed by atoms with E-state index >= 15 is 0 Å². The Balaban J connectivity index is 1.42. The third kappa shape index (κ3) is 5.10. The third-order valence-corrected chi connectivity index (χ3v) is 7.06. The fourth-order valence-corrected chi connectivity index (χ4v) is 5.22. The summed E-state index contributed by atoms with van der Waals surface area (Å²) in [5.74, 6) is 2.40. The van der Waals surface area contributed by atoms with Gasteiger partial charge < -0.3 is 20.2 Å². The van der Waals surface area contributed by atoms with Crippen molar-refractivity contribution in [2.75, 3.05) is 49.5 Å². The number of aliphatic hydroxyl groups excluding tert-OH is 1. The number of hydrogen-bond acceptors (Lipinski definition) is 7. The monoisotopic (exact) mass is 474 g/mol. The van der Waals surface area contributed by atoms with E-state index in [1.54, 1.807) is 18.3 Å². The predicted octanol–water partition coefficient (Wildman–Crippen LogP) is 3.97. The molecule has 0 radical (unpaired) electrons. The first-order valence-corrected chi connectivity index (χ1v) is 11.8. The van der Waals surface area contributed by atoms with Crippen molar-refractivity contribution in [3.63, 3.8) is 0 Å². The quantitative estimate of drug-likeness (QED) is 0.627. The van der Waals surface area contributed by atoms with Crippen molar-refractivity contribution in [1.82, 2.24) is 14.9 Å². The summed E-state index contributed by atoms with van der Waals surface area (Å²) in [7, 11) is 0. The molecule has 32 heavy (non-hydrogen) atoms. The number of hydrogen-bond donors (Lipinski definition) is 2. The van der Waals surface area contributed by atoms with Crippen LogP contribution in [0, 0.1) is 23.2 Å². The number of piperidine rings is 1. The number of aliphatic hydroxyl groups is 1. The number of nitriles is 1. The minimum absolute atomic E-state index is 0.154. The maximum Gasteiger partial charge on any atom is 0.227 e. The molecule has 2 aliphatic rings. The molecule has 1 aromatic carbocycles. The number of nitrogens with zero attached hydrogens (tertiary/aromatic N) is 5. The molecule has 2 atom stereocenters. The lowest BCUT2D eigenvalue weighted by Gasteiger charge is -2.46. The van der Waals surface area contributed by atoms with Crippen LogP contribution in [-0.4, -0.2) is 59.3 Å². The lowest BCUT2D eigenvalue weighted by molar-refractivity contribution is 0.101. The van der Waals surface area contributed by atoms with Crippen molar-refractivity contribution in [2.45, 2.75) is 25.8 Å². The number of likely N-dealkylation sites (tertiary alicyclic amines) is 1. The van der Waals surface area contributed by atoms with E-state index in [0.717, 1.165) is 38.3 Å². The van der Waals surface area contributed by atoms with Gasteiger partial charge in [-0.3, -0.25) is 0 Å². The zero-order valence-electron chi connectivity index (χ0n) is 18.1. The van der Waals surface area contributed by atoms with Crippen LogP contribution in [0.5, 0.6) is 0 Å². The number of benzene rings is 1. The van der Waals surface area contributed by atoms with Crippen LogP contribution in [0.15, 0.2) is 24.4 Å². The lowest BCUT2D eigenvalue weighted by Crippen LogP contribution is -2.54. The van der Waals surface area contributed by atoms with Crippen LogP contribution in [0.4, 0.5) is 11.8 Å². The number of β-amino-alcohol motifs (C(OH)–C–C–N with tert-alkyl or cyclic N) is 1. The van der Waals surface area contributed by atoms with Gasteiger partial charge in [-0.25, -0.2) is 4.98 Å². The summed E-state index contributed by atoms with van der Waals surface area (Å²) in [6.45, 7) is 6.92. The van der Waals surface area contributed by atoms with E-state index in [-0.39, 0.29) is 12.6 Å². The minimum Gasteiger partial charge on any atom is -0.395 e. The zero-order valence-corrected chi connectivity index (χ0v) is 19.6. The maximum absolute atomic E-state index is 9.52. The van der Waals surface area contributed by atoms with E-state index < -0.39 is 0 Å². The van der Waals surface area contributed by atoms with Crippen LogP contribution in [0.3, 0.4) is 0 Å². The molecule has 9 heteroatoms. The van der Waals surface area contributed by atoms with Crippen molar-refractivity contribution < 1.29 is 5.11 Å². The van der Waals surface area contributed by atoms with E-state index in [0.29, 0.717) is 39.2 Å². The summed E-state index contributed by atoms with van der Waals surface area (Å²) in [4.78, 5) is 13.6. The van der Waals surface area contributed by atoms with E-state index in [9.17, 15) is 10.4 Å². The number of aromatic nitrogens is 2. The average Bonchev–Trinajstić information content (AvgIpc) is 2.73. The fraction of sp³-hybridized carbons (Fsp3) is 0.522. The average molecular weight is 475 g/mol. The Morgan fingerprint density at radius 2 is 2.09 bits per heavy atom. The molecule has 1 aromatic heterocycles. The van der Waals surface area contributed by atoms with Gasteiger partial charge in [-0.15, -0.1) is 0 Å². The van der Waals surface area contributed by atoms with Gasteiger partial charge in [0.2, 0.25) is 5.95 Å². The van der Waals surface area contributed by atoms with Crippen LogP contribution in [0.2, 0.25) is 10.0 Å². The van der Waals surface area contributed by atoms with E-state index in [4.69, 9.17) is 23.2 Å². The van der Waals surface area contributed by atoms with Gasteiger partial charge in [-0.2, -0.15) is 10.2 Å². The van der Waals surface area contributed by atoms with E-state index in [1.165, 1.54) is 12.8 Å². The molecular formula is C23H28Cl2N6O. The molecule has 1 unspecified atom stereocenters. The molecule has 0 saturated carbocycles. The van der Waals surface area contributed by atoms with Gasteiger partial charge in [0.15, 0.2) is 0 Å².